The summed E-state index contributed by atoms with van der Waals surface area (Å²) < 4.78 is 2.42. The molecule has 6 heteroatoms. The van der Waals surface area contributed by atoms with Gasteiger partial charge in [0.1, 0.15) is 11.6 Å². The van der Waals surface area contributed by atoms with Gasteiger partial charge >= 0.3 is 0 Å². The molecule has 3 rings (SSSR count). The van der Waals surface area contributed by atoms with E-state index in [9.17, 15) is 0 Å². The molecule has 2 aromatic rings. The summed E-state index contributed by atoms with van der Waals surface area (Å²) in [6.45, 7) is 8.01. The average molecular weight is 344 g/mol. The zero-order valence-corrected chi connectivity index (χ0v) is 15.5. The summed E-state index contributed by atoms with van der Waals surface area (Å²) >= 11 is 0. The molecule has 0 spiro atoms. The number of carboxylic acids is 1. The standard InChI is InChI=1S/C17H24N4.C2H4O2/c1-12(2)15-7-6-13(3)9-16-19-20-17(21(15)16)10-14-5-4-8-18-11-14;1-2(3)4/h4-5,8,11-13,15H,6-7,9-10H2,1-3H3;1H3,(H,3,4)/t13-,15+;/m1./s1. The fraction of sp³-hybridized carbons (Fsp3) is 0.579. The van der Waals surface area contributed by atoms with Crippen LogP contribution < -0.4 is 0 Å². The van der Waals surface area contributed by atoms with Gasteiger partial charge in [-0.25, -0.2) is 0 Å². The normalized spacial score (nSPS) is 19.6. The number of fused-ring (bicyclic) bond motifs is 1. The molecule has 0 aromatic carbocycles. The monoisotopic (exact) mass is 344 g/mol. The second kappa shape index (κ2) is 8.74. The highest BCUT2D eigenvalue weighted by Gasteiger charge is 2.27. The predicted molar refractivity (Wildman–Crippen MR) is 96.4 cm³/mol. The number of nitrogens with zero attached hydrogens (tertiary/aromatic N) is 4. The molecule has 0 amide bonds. The Balaban J connectivity index is 0.000000511. The molecule has 0 fully saturated rings. The van der Waals surface area contributed by atoms with Crippen molar-refractivity contribution in [3.05, 3.63) is 41.7 Å². The Kier molecular flexibility index (Phi) is 6.67. The van der Waals surface area contributed by atoms with E-state index in [1.807, 2.05) is 18.5 Å². The lowest BCUT2D eigenvalue weighted by Crippen LogP contribution is -2.18. The number of carboxylic acid groups (broad SMARTS) is 1. The van der Waals surface area contributed by atoms with Gasteiger partial charge in [-0.05, 0) is 36.3 Å². The van der Waals surface area contributed by atoms with Gasteiger partial charge < -0.3 is 9.67 Å². The number of carbonyl (C=O) groups is 1. The van der Waals surface area contributed by atoms with Crippen molar-refractivity contribution in [3.8, 4) is 0 Å². The van der Waals surface area contributed by atoms with Gasteiger partial charge in [-0.15, -0.1) is 10.2 Å². The van der Waals surface area contributed by atoms with Crippen LogP contribution in [-0.2, 0) is 17.6 Å². The number of aromatic nitrogens is 4. The molecule has 25 heavy (non-hydrogen) atoms. The third-order valence-corrected chi connectivity index (χ3v) is 4.51. The summed E-state index contributed by atoms with van der Waals surface area (Å²) in [5.41, 5.74) is 1.20. The van der Waals surface area contributed by atoms with E-state index < -0.39 is 5.97 Å². The molecule has 1 aliphatic heterocycles. The van der Waals surface area contributed by atoms with Crippen molar-refractivity contribution >= 4 is 5.97 Å². The summed E-state index contributed by atoms with van der Waals surface area (Å²) in [4.78, 5) is 13.2. The minimum atomic E-state index is -0.833. The lowest BCUT2D eigenvalue weighted by Gasteiger charge is -2.23. The molecule has 0 aliphatic carbocycles. The molecule has 1 aliphatic rings. The first-order chi connectivity index (χ1) is 11.9. The van der Waals surface area contributed by atoms with Crippen molar-refractivity contribution in [2.75, 3.05) is 0 Å². The molecule has 2 aromatic heterocycles. The van der Waals surface area contributed by atoms with E-state index >= 15 is 0 Å². The number of pyridine rings is 1. The Labute approximate surface area is 149 Å². The van der Waals surface area contributed by atoms with Gasteiger partial charge in [0, 0.05) is 38.2 Å². The molecule has 0 bridgehead atoms. The first-order valence-electron chi connectivity index (χ1n) is 8.89. The number of hydrogen-bond donors (Lipinski definition) is 1. The molecular formula is C19H28N4O2. The minimum Gasteiger partial charge on any atom is -0.481 e. The Morgan fingerprint density at radius 1 is 1.36 bits per heavy atom. The van der Waals surface area contributed by atoms with E-state index in [-0.39, 0.29) is 0 Å². The van der Waals surface area contributed by atoms with Crippen molar-refractivity contribution < 1.29 is 9.90 Å². The quantitative estimate of drug-likeness (QED) is 0.921. The summed E-state index contributed by atoms with van der Waals surface area (Å²) in [6.07, 6.45) is 8.10. The Hall–Kier alpha value is -2.24. The van der Waals surface area contributed by atoms with E-state index in [4.69, 9.17) is 9.90 Å². The van der Waals surface area contributed by atoms with Crippen molar-refractivity contribution in [2.24, 2.45) is 11.8 Å². The molecule has 0 saturated carbocycles. The summed E-state index contributed by atoms with van der Waals surface area (Å²) in [5, 5.41) is 16.4. The molecular weight excluding hydrogens is 316 g/mol. The Morgan fingerprint density at radius 3 is 2.68 bits per heavy atom. The van der Waals surface area contributed by atoms with Crippen molar-refractivity contribution in [1.82, 2.24) is 19.7 Å². The van der Waals surface area contributed by atoms with Crippen LogP contribution in [0.15, 0.2) is 24.5 Å². The second-order valence-electron chi connectivity index (χ2n) is 7.16. The SMILES string of the molecule is CC(=O)O.CC(C)[C@@H]1CC[C@@H](C)Cc2nnc(Cc3cccnc3)n21. The average Bonchev–Trinajstić information content (AvgIpc) is 2.82. The largest absolute Gasteiger partial charge is 0.481 e. The summed E-state index contributed by atoms with van der Waals surface area (Å²) in [7, 11) is 0. The summed E-state index contributed by atoms with van der Waals surface area (Å²) in [5.74, 6) is 2.73. The number of rotatable bonds is 3. The van der Waals surface area contributed by atoms with Gasteiger partial charge in [0.15, 0.2) is 0 Å². The van der Waals surface area contributed by atoms with Crippen LogP contribution in [0.2, 0.25) is 0 Å². The van der Waals surface area contributed by atoms with E-state index in [1.165, 1.54) is 18.4 Å². The molecule has 3 heterocycles. The maximum atomic E-state index is 9.00. The first-order valence-corrected chi connectivity index (χ1v) is 8.89. The minimum absolute atomic E-state index is 0.520. The maximum absolute atomic E-state index is 9.00. The van der Waals surface area contributed by atoms with Crippen LogP contribution in [0, 0.1) is 11.8 Å². The third kappa shape index (κ3) is 5.37. The van der Waals surface area contributed by atoms with Crippen molar-refractivity contribution in [3.63, 3.8) is 0 Å². The fourth-order valence-electron chi connectivity index (χ4n) is 3.32. The Bertz CT molecular complexity index is 678. The molecule has 0 radical (unpaired) electrons. The van der Waals surface area contributed by atoms with Crippen LogP contribution in [-0.4, -0.2) is 30.8 Å². The zero-order chi connectivity index (χ0) is 18.4. The second-order valence-corrected chi connectivity index (χ2v) is 7.16. The van der Waals surface area contributed by atoms with Crippen LogP contribution >= 0.6 is 0 Å². The zero-order valence-electron chi connectivity index (χ0n) is 15.5. The van der Waals surface area contributed by atoms with E-state index in [0.29, 0.717) is 17.9 Å². The topological polar surface area (TPSA) is 80.9 Å². The fourth-order valence-corrected chi connectivity index (χ4v) is 3.32. The van der Waals surface area contributed by atoms with Crippen LogP contribution in [0.5, 0.6) is 0 Å². The molecule has 2 atom stereocenters. The van der Waals surface area contributed by atoms with Crippen molar-refractivity contribution in [2.45, 2.75) is 59.4 Å². The molecule has 6 nitrogen and oxygen atoms in total. The smallest absolute Gasteiger partial charge is 0.300 e. The van der Waals surface area contributed by atoms with Gasteiger partial charge in [0.2, 0.25) is 0 Å². The van der Waals surface area contributed by atoms with Gasteiger partial charge in [-0.2, -0.15) is 0 Å². The Morgan fingerprint density at radius 2 is 2.08 bits per heavy atom. The van der Waals surface area contributed by atoms with Crippen LogP contribution in [0.1, 0.15) is 63.8 Å². The maximum Gasteiger partial charge on any atom is 0.300 e. The van der Waals surface area contributed by atoms with Gasteiger partial charge in [-0.1, -0.05) is 26.8 Å². The van der Waals surface area contributed by atoms with Gasteiger partial charge in [0.25, 0.3) is 5.97 Å². The number of hydrogen-bond acceptors (Lipinski definition) is 4. The lowest BCUT2D eigenvalue weighted by molar-refractivity contribution is -0.134. The predicted octanol–water partition coefficient (Wildman–Crippen LogP) is 3.52. The van der Waals surface area contributed by atoms with E-state index in [1.54, 1.807) is 0 Å². The summed E-state index contributed by atoms with van der Waals surface area (Å²) in [6, 6.07) is 4.61. The number of aliphatic carboxylic acids is 1. The molecule has 1 N–H and O–H groups in total. The first kappa shape index (κ1) is 19.1. The van der Waals surface area contributed by atoms with E-state index in [2.05, 4.69) is 46.6 Å². The van der Waals surface area contributed by atoms with Gasteiger partial charge in [0.05, 0.1) is 0 Å². The third-order valence-electron chi connectivity index (χ3n) is 4.51. The lowest BCUT2D eigenvalue weighted by atomic mass is 9.95. The van der Waals surface area contributed by atoms with Crippen molar-refractivity contribution in [1.29, 1.82) is 0 Å². The van der Waals surface area contributed by atoms with Gasteiger partial charge in [-0.3, -0.25) is 9.78 Å². The van der Waals surface area contributed by atoms with E-state index in [0.717, 1.165) is 31.4 Å². The molecule has 136 valence electrons. The van der Waals surface area contributed by atoms with Crippen LogP contribution in [0.3, 0.4) is 0 Å². The highest BCUT2D eigenvalue weighted by Crippen LogP contribution is 2.32. The molecule has 0 saturated heterocycles. The van der Waals surface area contributed by atoms with Crippen LogP contribution in [0.25, 0.3) is 0 Å². The molecule has 0 unspecified atom stereocenters. The van der Waals surface area contributed by atoms with Crippen LogP contribution in [0.4, 0.5) is 0 Å². The highest BCUT2D eigenvalue weighted by molar-refractivity contribution is 5.62. The highest BCUT2D eigenvalue weighted by atomic mass is 16.4.